The number of rotatable bonds is 5. The number of allylic oxidation sites excluding steroid dienone is 1. The molecule has 0 fully saturated rings. The predicted molar refractivity (Wildman–Crippen MR) is 115 cm³/mol. The van der Waals surface area contributed by atoms with Gasteiger partial charge in [-0.15, -0.1) is 0 Å². The van der Waals surface area contributed by atoms with E-state index in [-0.39, 0.29) is 0 Å². The van der Waals surface area contributed by atoms with E-state index in [0.29, 0.717) is 38.5 Å². The van der Waals surface area contributed by atoms with Gasteiger partial charge in [0.1, 0.15) is 12.2 Å². The average molecular weight is 398 g/mol. The number of nitrogens with zero attached hydrogens (tertiary/aromatic N) is 2. The molecule has 0 aliphatic rings. The number of benzene rings is 3. The molecule has 0 spiro atoms. The Balaban J connectivity index is 1.90. The van der Waals surface area contributed by atoms with Gasteiger partial charge in [-0.1, -0.05) is 42.1 Å². The Labute approximate surface area is 173 Å². The fourth-order valence-corrected chi connectivity index (χ4v) is 3.56. The highest BCUT2D eigenvalue weighted by molar-refractivity contribution is 8.03. The second-order valence-electron chi connectivity index (χ2n) is 6.28. The van der Waals surface area contributed by atoms with E-state index in [4.69, 9.17) is 16.7 Å². The van der Waals surface area contributed by atoms with Crippen molar-refractivity contribution in [3.63, 3.8) is 0 Å². The highest BCUT2D eigenvalue weighted by atomic mass is 32.2. The number of thioether (sulfide) groups is 1. The molecule has 3 rings (SSSR count). The third kappa shape index (κ3) is 4.77. The van der Waals surface area contributed by atoms with Gasteiger partial charge in [0.25, 0.3) is 0 Å². The lowest BCUT2D eigenvalue weighted by atomic mass is 9.97. The van der Waals surface area contributed by atoms with E-state index >= 15 is 0 Å². The molecule has 5 N–H and O–H groups in total. The summed E-state index contributed by atoms with van der Waals surface area (Å²) >= 11 is 1.28. The SMILES string of the molecule is N#C/C(=C(/N)Sc1ccc(N)cc1)c1cccc(C(O)c2ccc(C#N)cc2)c1. The molecular weight excluding hydrogens is 380 g/mol. The highest BCUT2D eigenvalue weighted by Gasteiger charge is 2.14. The Bertz CT molecular complexity index is 1120. The zero-order valence-corrected chi connectivity index (χ0v) is 16.2. The number of aliphatic hydroxyl groups excluding tert-OH is 1. The Hall–Kier alpha value is -3.71. The van der Waals surface area contributed by atoms with Crippen LogP contribution in [-0.4, -0.2) is 5.11 Å². The van der Waals surface area contributed by atoms with Crippen LogP contribution in [0, 0.1) is 22.7 Å². The summed E-state index contributed by atoms with van der Waals surface area (Å²) in [7, 11) is 0. The van der Waals surface area contributed by atoms with Gasteiger partial charge in [0, 0.05) is 10.6 Å². The maximum Gasteiger partial charge on any atom is 0.104 e. The lowest BCUT2D eigenvalue weighted by Gasteiger charge is -2.13. The van der Waals surface area contributed by atoms with Crippen molar-refractivity contribution in [2.24, 2.45) is 5.73 Å². The Morgan fingerprint density at radius 2 is 1.62 bits per heavy atom. The van der Waals surface area contributed by atoms with Crippen LogP contribution < -0.4 is 11.5 Å². The fraction of sp³-hybridized carbons (Fsp3) is 0.0435. The maximum atomic E-state index is 10.7. The largest absolute Gasteiger partial charge is 0.399 e. The van der Waals surface area contributed by atoms with Crippen LogP contribution in [0.3, 0.4) is 0 Å². The molecule has 0 aliphatic carbocycles. The molecule has 142 valence electrons. The molecule has 0 bridgehead atoms. The van der Waals surface area contributed by atoms with Crippen LogP contribution in [-0.2, 0) is 0 Å². The van der Waals surface area contributed by atoms with E-state index in [9.17, 15) is 10.4 Å². The van der Waals surface area contributed by atoms with E-state index in [0.717, 1.165) is 4.90 Å². The molecular formula is C23H18N4OS. The van der Waals surface area contributed by atoms with Gasteiger partial charge in [-0.3, -0.25) is 0 Å². The third-order valence-corrected chi connectivity index (χ3v) is 5.24. The van der Waals surface area contributed by atoms with Crippen LogP contribution >= 0.6 is 11.8 Å². The Morgan fingerprint density at radius 1 is 0.931 bits per heavy atom. The van der Waals surface area contributed by atoms with Gasteiger partial charge in [0.05, 0.1) is 22.2 Å². The molecule has 0 saturated carbocycles. The molecule has 0 amide bonds. The molecule has 0 radical (unpaired) electrons. The standard InChI is InChI=1S/C23H18N4OS/c24-13-15-4-6-16(7-5-15)22(28)18-3-1-2-17(12-18)21(14-25)23(27)29-20-10-8-19(26)9-11-20/h1-12,22,28H,26-27H2/b23-21+. The van der Waals surface area contributed by atoms with Crippen LogP contribution in [0.5, 0.6) is 0 Å². The van der Waals surface area contributed by atoms with Gasteiger partial charge in [-0.25, -0.2) is 0 Å². The van der Waals surface area contributed by atoms with Crippen LogP contribution in [0.2, 0.25) is 0 Å². The minimum atomic E-state index is -0.881. The third-order valence-electron chi connectivity index (χ3n) is 4.31. The van der Waals surface area contributed by atoms with Gasteiger partial charge in [0.2, 0.25) is 0 Å². The molecule has 0 aliphatic heterocycles. The van der Waals surface area contributed by atoms with Crippen molar-refractivity contribution in [1.82, 2.24) is 0 Å². The predicted octanol–water partition coefficient (Wildman–Crippen LogP) is 4.17. The van der Waals surface area contributed by atoms with Gasteiger partial charge in [-0.05, 0) is 59.2 Å². The van der Waals surface area contributed by atoms with Crippen molar-refractivity contribution in [2.75, 3.05) is 5.73 Å². The molecule has 0 heterocycles. The van der Waals surface area contributed by atoms with Crippen LogP contribution in [0.15, 0.2) is 82.7 Å². The minimum Gasteiger partial charge on any atom is -0.399 e. The summed E-state index contributed by atoms with van der Waals surface area (Å²) in [5, 5.41) is 29.6. The topological polar surface area (TPSA) is 120 Å². The number of nitrogens with two attached hydrogens (primary N) is 2. The van der Waals surface area contributed by atoms with Crippen molar-refractivity contribution in [1.29, 1.82) is 10.5 Å². The number of nitriles is 2. The van der Waals surface area contributed by atoms with E-state index in [1.807, 2.05) is 12.1 Å². The first-order valence-corrected chi connectivity index (χ1v) is 9.55. The molecule has 1 unspecified atom stereocenters. The summed E-state index contributed by atoms with van der Waals surface area (Å²) < 4.78 is 0. The highest BCUT2D eigenvalue weighted by Crippen LogP contribution is 2.31. The van der Waals surface area contributed by atoms with Crippen molar-refractivity contribution in [2.45, 2.75) is 11.0 Å². The second kappa shape index (κ2) is 8.99. The van der Waals surface area contributed by atoms with E-state index < -0.39 is 6.10 Å². The molecule has 5 nitrogen and oxygen atoms in total. The molecule has 3 aromatic rings. The van der Waals surface area contributed by atoms with Crippen molar-refractivity contribution < 1.29 is 5.11 Å². The lowest BCUT2D eigenvalue weighted by Crippen LogP contribution is -2.02. The van der Waals surface area contributed by atoms with Crippen molar-refractivity contribution >= 4 is 23.0 Å². The molecule has 1 atom stereocenters. The van der Waals surface area contributed by atoms with E-state index in [1.54, 1.807) is 60.7 Å². The molecule has 6 heteroatoms. The quantitative estimate of drug-likeness (QED) is 0.337. The van der Waals surface area contributed by atoms with Gasteiger partial charge in [-0.2, -0.15) is 10.5 Å². The normalized spacial score (nSPS) is 12.4. The van der Waals surface area contributed by atoms with E-state index in [2.05, 4.69) is 12.1 Å². The van der Waals surface area contributed by atoms with Crippen molar-refractivity contribution in [3.05, 3.63) is 100 Å². The van der Waals surface area contributed by atoms with Gasteiger partial charge in [0.15, 0.2) is 0 Å². The smallest absolute Gasteiger partial charge is 0.104 e. The van der Waals surface area contributed by atoms with Crippen LogP contribution in [0.1, 0.15) is 28.4 Å². The fourth-order valence-electron chi connectivity index (χ4n) is 2.77. The Kier molecular flexibility index (Phi) is 6.21. The summed E-state index contributed by atoms with van der Waals surface area (Å²) in [6.45, 7) is 0. The average Bonchev–Trinajstić information content (AvgIpc) is 2.75. The summed E-state index contributed by atoms with van der Waals surface area (Å²) in [6.07, 6.45) is -0.881. The zero-order chi connectivity index (χ0) is 20.8. The first kappa shape index (κ1) is 20.0. The summed E-state index contributed by atoms with van der Waals surface area (Å²) in [5.74, 6) is 0. The van der Waals surface area contributed by atoms with Crippen LogP contribution in [0.25, 0.3) is 5.57 Å². The minimum absolute atomic E-state index is 0.334. The Morgan fingerprint density at radius 3 is 2.24 bits per heavy atom. The summed E-state index contributed by atoms with van der Waals surface area (Å²) in [5.41, 5.74) is 15.3. The first-order valence-electron chi connectivity index (χ1n) is 8.73. The summed E-state index contributed by atoms with van der Waals surface area (Å²) in [6, 6.07) is 25.3. The number of nitrogen functional groups attached to an aromatic ring is 1. The van der Waals surface area contributed by atoms with Gasteiger partial charge >= 0.3 is 0 Å². The second-order valence-corrected chi connectivity index (χ2v) is 7.40. The van der Waals surface area contributed by atoms with Gasteiger partial charge < -0.3 is 16.6 Å². The molecule has 0 saturated heterocycles. The first-order chi connectivity index (χ1) is 14.0. The van der Waals surface area contributed by atoms with Crippen LogP contribution in [0.4, 0.5) is 5.69 Å². The van der Waals surface area contributed by atoms with E-state index in [1.165, 1.54) is 11.8 Å². The molecule has 3 aromatic carbocycles. The lowest BCUT2D eigenvalue weighted by molar-refractivity contribution is 0.220. The molecule has 29 heavy (non-hydrogen) atoms. The zero-order valence-electron chi connectivity index (χ0n) is 15.4. The monoisotopic (exact) mass is 398 g/mol. The maximum absolute atomic E-state index is 10.7. The number of aliphatic hydroxyl groups is 1. The number of hydrogen-bond acceptors (Lipinski definition) is 6. The number of hydrogen-bond donors (Lipinski definition) is 3. The van der Waals surface area contributed by atoms with Crippen molar-refractivity contribution in [3.8, 4) is 12.1 Å². The molecule has 0 aromatic heterocycles. The summed E-state index contributed by atoms with van der Waals surface area (Å²) in [4.78, 5) is 0.873. The number of anilines is 1.